The molecule has 0 radical (unpaired) electrons. The van der Waals surface area contributed by atoms with E-state index in [4.69, 9.17) is 23.6 Å². The van der Waals surface area contributed by atoms with Gasteiger partial charge in [-0.3, -0.25) is 0 Å². The summed E-state index contributed by atoms with van der Waals surface area (Å²) < 4.78 is 0. The van der Waals surface area contributed by atoms with E-state index >= 15 is 0 Å². The van der Waals surface area contributed by atoms with Crippen LogP contribution < -0.4 is 10.2 Å². The maximum Gasteiger partial charge on any atom is 0.0379 e. The van der Waals surface area contributed by atoms with Gasteiger partial charge in [-0.2, -0.15) is 0 Å². The molecule has 0 amide bonds. The lowest BCUT2D eigenvalue weighted by molar-refractivity contribution is 1.64. The lowest BCUT2D eigenvalue weighted by atomic mass is 10.3. The van der Waals surface area contributed by atoms with Gasteiger partial charge in [-0.25, -0.2) is 0 Å². The van der Waals surface area contributed by atoms with E-state index in [1.54, 1.807) is 0 Å². The van der Waals surface area contributed by atoms with Crippen molar-refractivity contribution in [1.82, 2.24) is 0 Å². The third-order valence-corrected chi connectivity index (χ3v) is 3.82. The molecule has 1 rings (SSSR count). The van der Waals surface area contributed by atoms with Gasteiger partial charge in [0.25, 0.3) is 0 Å². The van der Waals surface area contributed by atoms with Crippen molar-refractivity contribution < 1.29 is 0 Å². The van der Waals surface area contributed by atoms with Crippen molar-refractivity contribution in [3.8, 4) is 0 Å². The minimum absolute atomic E-state index is 1.08. The second kappa shape index (κ2) is 5.18. The topological polar surface area (TPSA) is 24.1 Å². The van der Waals surface area contributed by atoms with Crippen molar-refractivity contribution in [3.05, 3.63) is 24.3 Å². The first-order valence-electron chi connectivity index (χ1n) is 4.92. The predicted molar refractivity (Wildman–Crippen MR) is 86.0 cm³/mol. The SMILES string of the molecule is CP(C)(=S)Nc1ccc(NP(C)(C)=S)cc1. The van der Waals surface area contributed by atoms with E-state index in [2.05, 4.69) is 36.8 Å². The monoisotopic (exact) mass is 292 g/mol. The van der Waals surface area contributed by atoms with Crippen LogP contribution in [0.15, 0.2) is 24.3 Å². The van der Waals surface area contributed by atoms with Crippen LogP contribution in [0.2, 0.25) is 0 Å². The molecule has 0 saturated carbocycles. The van der Waals surface area contributed by atoms with Gasteiger partial charge in [0.2, 0.25) is 0 Å². The van der Waals surface area contributed by atoms with Gasteiger partial charge in [0.15, 0.2) is 0 Å². The lowest BCUT2D eigenvalue weighted by Gasteiger charge is -2.17. The van der Waals surface area contributed by atoms with Gasteiger partial charge < -0.3 is 10.2 Å². The third kappa shape index (κ3) is 6.00. The Morgan fingerprint density at radius 3 is 1.19 bits per heavy atom. The van der Waals surface area contributed by atoms with Crippen LogP contribution in [0.25, 0.3) is 0 Å². The van der Waals surface area contributed by atoms with Crippen LogP contribution >= 0.6 is 12.4 Å². The highest BCUT2D eigenvalue weighted by Crippen LogP contribution is 2.39. The van der Waals surface area contributed by atoms with E-state index in [9.17, 15) is 0 Å². The number of anilines is 2. The Morgan fingerprint density at radius 1 is 0.750 bits per heavy atom. The molecule has 6 heteroatoms. The molecule has 0 spiro atoms. The van der Waals surface area contributed by atoms with Crippen molar-refractivity contribution in [2.24, 2.45) is 0 Å². The van der Waals surface area contributed by atoms with E-state index in [-0.39, 0.29) is 0 Å². The molecular weight excluding hydrogens is 274 g/mol. The molecule has 16 heavy (non-hydrogen) atoms. The van der Waals surface area contributed by atoms with Gasteiger partial charge in [0.05, 0.1) is 0 Å². The summed E-state index contributed by atoms with van der Waals surface area (Å²) in [7, 11) is 0. The molecule has 0 fully saturated rings. The molecule has 1 aromatic rings. The highest BCUT2D eigenvalue weighted by atomic mass is 32.4. The molecule has 1 aromatic carbocycles. The molecule has 0 aliphatic heterocycles. The maximum atomic E-state index is 5.36. The smallest absolute Gasteiger partial charge is 0.0379 e. The fourth-order valence-corrected chi connectivity index (χ4v) is 3.42. The number of rotatable bonds is 4. The average Bonchev–Trinajstić information content (AvgIpc) is 2.03. The molecule has 0 saturated heterocycles. The van der Waals surface area contributed by atoms with Gasteiger partial charge in [-0.05, 0) is 50.9 Å². The fraction of sp³-hybridized carbons (Fsp3) is 0.400. The number of nitrogens with one attached hydrogen (secondary N) is 2. The standard InChI is InChI=1S/C10H18N2P2S2/c1-13(2,15)11-9-5-7-10(8-6-9)12-14(3,4)16/h5-8H,1-4H3,(H,11,15)(H,12,16). The van der Waals surface area contributed by atoms with Gasteiger partial charge in [-0.15, -0.1) is 0 Å². The zero-order valence-corrected chi connectivity index (χ0v) is 13.4. The quantitative estimate of drug-likeness (QED) is 0.824. The molecule has 2 nitrogen and oxygen atoms in total. The molecule has 0 aliphatic rings. The van der Waals surface area contributed by atoms with Crippen molar-refractivity contribution in [2.45, 2.75) is 0 Å². The summed E-state index contributed by atoms with van der Waals surface area (Å²) in [4.78, 5) is 0. The van der Waals surface area contributed by atoms with Crippen molar-refractivity contribution in [1.29, 1.82) is 0 Å². The molecule has 0 unspecified atom stereocenters. The van der Waals surface area contributed by atoms with Gasteiger partial charge in [-0.1, -0.05) is 23.6 Å². The summed E-state index contributed by atoms with van der Waals surface area (Å²) in [6.07, 6.45) is -2.79. The van der Waals surface area contributed by atoms with Crippen LogP contribution in [-0.2, 0) is 23.6 Å². The van der Waals surface area contributed by atoms with Crippen molar-refractivity contribution in [2.75, 3.05) is 36.8 Å². The number of hydrogen-bond donors (Lipinski definition) is 2. The molecule has 0 aromatic heterocycles. The largest absolute Gasteiger partial charge is 0.358 e. The predicted octanol–water partition coefficient (Wildman–Crippen LogP) is 3.82. The normalized spacial score (nSPS) is 12.2. The van der Waals surface area contributed by atoms with E-state index < -0.39 is 12.4 Å². The van der Waals surface area contributed by atoms with Crippen LogP contribution in [0.1, 0.15) is 0 Å². The Bertz CT molecular complexity index is 401. The summed E-state index contributed by atoms with van der Waals surface area (Å²) in [6.45, 7) is 8.30. The molecule has 0 bridgehead atoms. The summed E-state index contributed by atoms with van der Waals surface area (Å²) in [6, 6.07) is 8.17. The fourth-order valence-electron chi connectivity index (χ4n) is 1.24. The Morgan fingerprint density at radius 2 is 1.00 bits per heavy atom. The Labute approximate surface area is 108 Å². The number of benzene rings is 1. The summed E-state index contributed by atoms with van der Waals surface area (Å²) >= 11 is 10.7. The second-order valence-electron chi connectivity index (χ2n) is 4.50. The van der Waals surface area contributed by atoms with Gasteiger partial charge in [0.1, 0.15) is 0 Å². The highest BCUT2D eigenvalue weighted by Gasteiger charge is 2.03. The molecule has 0 aliphatic carbocycles. The Hall–Kier alpha value is 0.120. The van der Waals surface area contributed by atoms with E-state index in [1.165, 1.54) is 0 Å². The van der Waals surface area contributed by atoms with Crippen LogP contribution in [0.4, 0.5) is 11.4 Å². The molecule has 90 valence electrons. The van der Waals surface area contributed by atoms with Crippen LogP contribution in [0.5, 0.6) is 0 Å². The minimum Gasteiger partial charge on any atom is -0.358 e. The van der Waals surface area contributed by atoms with Crippen LogP contribution in [-0.4, -0.2) is 26.7 Å². The molecule has 2 N–H and O–H groups in total. The average molecular weight is 292 g/mol. The summed E-state index contributed by atoms with van der Waals surface area (Å²) in [5.41, 5.74) is 2.17. The Balaban J connectivity index is 2.76. The van der Waals surface area contributed by atoms with E-state index in [0.717, 1.165) is 11.4 Å². The zero-order chi connectivity index (χ0) is 12.4. The maximum absolute atomic E-state index is 5.36. The zero-order valence-electron chi connectivity index (χ0n) is 10.0. The number of hydrogen-bond acceptors (Lipinski definition) is 2. The van der Waals surface area contributed by atoms with Crippen molar-refractivity contribution in [3.63, 3.8) is 0 Å². The first-order valence-corrected chi connectivity index (χ1v) is 12.3. The lowest BCUT2D eigenvalue weighted by Crippen LogP contribution is -1.95. The molecular formula is C10H18N2P2S2. The van der Waals surface area contributed by atoms with Crippen LogP contribution in [0, 0.1) is 0 Å². The highest BCUT2D eigenvalue weighted by molar-refractivity contribution is 8.15. The summed E-state index contributed by atoms with van der Waals surface area (Å²) in [5, 5.41) is 6.70. The first kappa shape index (κ1) is 14.2. The van der Waals surface area contributed by atoms with E-state index in [1.807, 2.05) is 24.3 Å². The van der Waals surface area contributed by atoms with Crippen molar-refractivity contribution >= 4 is 47.4 Å². The molecule has 0 atom stereocenters. The Kier molecular flexibility index (Phi) is 4.59. The third-order valence-electron chi connectivity index (χ3n) is 1.68. The second-order valence-corrected chi connectivity index (χ2v) is 15.8. The van der Waals surface area contributed by atoms with E-state index in [0.29, 0.717) is 0 Å². The first-order chi connectivity index (χ1) is 7.16. The van der Waals surface area contributed by atoms with Gasteiger partial charge in [0, 0.05) is 23.8 Å². The molecule has 0 heterocycles. The van der Waals surface area contributed by atoms with Gasteiger partial charge >= 0.3 is 0 Å². The summed E-state index contributed by atoms with van der Waals surface area (Å²) in [5.74, 6) is 0. The van der Waals surface area contributed by atoms with Crippen LogP contribution in [0.3, 0.4) is 0 Å². The minimum atomic E-state index is -1.39.